The van der Waals surface area contributed by atoms with Crippen molar-refractivity contribution in [2.24, 2.45) is 16.7 Å². The molecule has 12 aromatic heterocycles. The first-order valence-corrected chi connectivity index (χ1v) is 46.6. The molecule has 5 saturated carbocycles. The highest BCUT2D eigenvalue weighted by molar-refractivity contribution is 7.30. The number of rotatable bonds is 9. The molecule has 12 heterocycles. The van der Waals surface area contributed by atoms with Crippen molar-refractivity contribution in [3.63, 3.8) is 0 Å². The molecule has 0 aliphatic heterocycles. The van der Waals surface area contributed by atoms with Gasteiger partial charge in [0, 0.05) is 85.7 Å². The van der Waals surface area contributed by atoms with Crippen molar-refractivity contribution in [1.29, 1.82) is 0 Å². The molecule has 17 rings (SSSR count). The summed E-state index contributed by atoms with van der Waals surface area (Å²) in [5.74, 6) is 3.53. The van der Waals surface area contributed by atoms with E-state index in [2.05, 4.69) is 143 Å². The maximum Gasteiger partial charge on any atom is 0.0490 e. The maximum absolute atomic E-state index is 2.49. The van der Waals surface area contributed by atoms with E-state index in [9.17, 15) is 0 Å². The summed E-state index contributed by atoms with van der Waals surface area (Å²) in [6.45, 7) is 36.9. The SMILES string of the molecule is CCCc1c(C)sc2c(C)csc12.Cc1sc2c(C)csc2c1C1CCC(C)(C)CC1.Cc1sc2c(C)csc2c1C1CCCC1.Cc1sc2c(C)csc2c1C1CCCCC1.Cc1sc2c(C)csc2c1CC1(C)CCCC1.Cc1sc2c(C)csc2c1CC1CCCC1. The van der Waals surface area contributed by atoms with Gasteiger partial charge in [-0.3, -0.25) is 0 Å². The molecule has 0 saturated heterocycles. The van der Waals surface area contributed by atoms with E-state index >= 15 is 0 Å². The predicted octanol–water partition coefficient (Wildman–Crippen LogP) is 32.7. The van der Waals surface area contributed by atoms with Crippen molar-refractivity contribution in [3.8, 4) is 0 Å². The highest BCUT2D eigenvalue weighted by Crippen LogP contribution is 2.52. The molecule has 0 atom stereocenters. The number of hydrogen-bond acceptors (Lipinski definition) is 12. The highest BCUT2D eigenvalue weighted by Gasteiger charge is 2.33. The molecule has 5 fully saturated rings. The molecule has 0 amide bonds. The zero-order valence-electron chi connectivity index (χ0n) is 60.4. The molecule has 12 aromatic rings. The minimum atomic E-state index is 0.574. The van der Waals surface area contributed by atoms with E-state index in [0.717, 1.165) is 23.7 Å². The van der Waals surface area contributed by atoms with Crippen LogP contribution in [0.5, 0.6) is 0 Å². The van der Waals surface area contributed by atoms with Crippen LogP contribution in [0.4, 0.5) is 0 Å². The van der Waals surface area contributed by atoms with Crippen LogP contribution in [0.3, 0.4) is 0 Å². The molecule has 12 heteroatoms. The lowest BCUT2D eigenvalue weighted by Gasteiger charge is -2.34. The van der Waals surface area contributed by atoms with Crippen LogP contribution in [0.15, 0.2) is 32.3 Å². The van der Waals surface area contributed by atoms with Gasteiger partial charge in [0.15, 0.2) is 0 Å². The largest absolute Gasteiger partial charge is 0.142 e. The summed E-state index contributed by atoms with van der Waals surface area (Å²) < 4.78 is 18.8. The Morgan fingerprint density at radius 2 is 0.621 bits per heavy atom. The Labute approximate surface area is 620 Å². The zero-order valence-corrected chi connectivity index (χ0v) is 70.1. The molecule has 0 aromatic carbocycles. The summed E-state index contributed by atoms with van der Waals surface area (Å²) in [5, 5.41) is 13.9. The van der Waals surface area contributed by atoms with E-state index in [1.54, 1.807) is 109 Å². The average molecular weight is 1490 g/mol. The quantitative estimate of drug-likeness (QED) is 0.135. The number of hydrogen-bond donors (Lipinski definition) is 0. The first-order valence-electron chi connectivity index (χ1n) is 36.4. The van der Waals surface area contributed by atoms with E-state index in [1.165, 1.54) is 203 Å². The summed E-state index contributed by atoms with van der Waals surface area (Å²) >= 11 is 23.7. The van der Waals surface area contributed by atoms with Gasteiger partial charge in [0.1, 0.15) is 0 Å². The van der Waals surface area contributed by atoms with E-state index < -0.39 is 0 Å². The Morgan fingerprint density at radius 1 is 0.316 bits per heavy atom. The van der Waals surface area contributed by atoms with E-state index in [1.807, 2.05) is 136 Å². The van der Waals surface area contributed by atoms with Gasteiger partial charge in [-0.15, -0.1) is 136 Å². The molecular weight excluding hydrogens is 1380 g/mol. The molecule has 0 N–H and O–H groups in total. The molecule has 0 spiro atoms. The minimum absolute atomic E-state index is 0.574. The monoisotopic (exact) mass is 1490 g/mol. The fourth-order valence-electron chi connectivity index (χ4n) is 16.8. The molecule has 0 nitrogen and oxygen atoms in total. The summed E-state index contributed by atoms with van der Waals surface area (Å²) in [5.41, 5.74) is 20.0. The van der Waals surface area contributed by atoms with Crippen molar-refractivity contribution in [3.05, 3.63) is 128 Å². The first kappa shape index (κ1) is 72.7. The standard InChI is InChI=1S/C16H22S2.C15H20S2.2C14H18S2.C13H16S2.C11H14S2/c1-10-9-17-15-13(11(2)18-14(10)15)12-5-7-16(3,4)8-6-12;1-10-9-16-14-12(11(2)17-13(10)14)8-15(3)6-4-5-7-15;1-9-8-15-14-12(10(2)16-13(9)14)7-11-5-3-4-6-11;1-9-8-15-14-12(10(2)16-13(9)14)11-6-4-3-5-7-11;1-8-7-14-13-11(9(2)15-12(8)13)10-5-3-4-6-10;1-4-5-9-8(3)13-10-7(2)6-12-11(9)10/h9,12H,5-8H2,1-4H3;9H,4-8H2,1-3H3;2*8,11H,3-7H2,1-2H3;7,10H,3-6H2,1-2H3;6H,4-5H2,1-3H3. The van der Waals surface area contributed by atoms with Crippen LogP contribution in [0, 0.1) is 99.8 Å². The molecule has 5 aliphatic carbocycles. The van der Waals surface area contributed by atoms with Gasteiger partial charge in [0.2, 0.25) is 0 Å². The lowest BCUT2D eigenvalue weighted by Crippen LogP contribution is -2.20. The Morgan fingerprint density at radius 3 is 1.02 bits per heavy atom. The van der Waals surface area contributed by atoms with E-state index in [-0.39, 0.29) is 0 Å². The first-order chi connectivity index (χ1) is 45.6. The predicted molar refractivity (Wildman–Crippen MR) is 447 cm³/mol. The van der Waals surface area contributed by atoms with Gasteiger partial charge in [0.25, 0.3) is 0 Å². The van der Waals surface area contributed by atoms with Crippen molar-refractivity contribution in [2.45, 2.75) is 289 Å². The molecule has 0 radical (unpaired) electrons. The van der Waals surface area contributed by atoms with Gasteiger partial charge in [-0.2, -0.15) is 0 Å². The smallest absolute Gasteiger partial charge is 0.0490 e. The van der Waals surface area contributed by atoms with Gasteiger partial charge in [-0.05, 0) is 300 Å². The Bertz CT molecular complexity index is 4470. The average Bonchev–Trinajstić information content (AvgIpc) is 1.68. The van der Waals surface area contributed by atoms with Crippen LogP contribution < -0.4 is 0 Å². The second-order valence-electron chi connectivity index (χ2n) is 30.6. The topological polar surface area (TPSA) is 0 Å². The van der Waals surface area contributed by atoms with Crippen LogP contribution in [0.25, 0.3) is 56.4 Å². The Kier molecular flexibility index (Phi) is 24.3. The molecule has 0 unspecified atom stereocenters. The molecule has 5 aliphatic rings. The molecule has 95 heavy (non-hydrogen) atoms. The Balaban J connectivity index is 0.000000109. The third kappa shape index (κ3) is 16.1. The van der Waals surface area contributed by atoms with Gasteiger partial charge in [0.05, 0.1) is 0 Å². The normalized spacial score (nSPS) is 17.8. The van der Waals surface area contributed by atoms with Gasteiger partial charge < -0.3 is 0 Å². The van der Waals surface area contributed by atoms with E-state index in [0.29, 0.717) is 10.8 Å². The molecule has 512 valence electrons. The van der Waals surface area contributed by atoms with Crippen LogP contribution in [0.1, 0.15) is 283 Å². The number of fused-ring (bicyclic) bond motifs is 6. The van der Waals surface area contributed by atoms with E-state index in [4.69, 9.17) is 0 Å². The van der Waals surface area contributed by atoms with Crippen molar-refractivity contribution in [1.82, 2.24) is 0 Å². The van der Waals surface area contributed by atoms with Gasteiger partial charge in [-0.1, -0.05) is 105 Å². The second-order valence-corrected chi connectivity index (χ2v) is 43.3. The molecule has 0 bridgehead atoms. The van der Waals surface area contributed by atoms with Gasteiger partial charge in [-0.25, -0.2) is 0 Å². The second kappa shape index (κ2) is 31.7. The fourth-order valence-corrected chi connectivity index (χ4v) is 32.3. The van der Waals surface area contributed by atoms with Crippen LogP contribution in [0.2, 0.25) is 0 Å². The van der Waals surface area contributed by atoms with Crippen LogP contribution >= 0.6 is 136 Å². The Hall–Kier alpha value is -2.04. The third-order valence-electron chi connectivity index (χ3n) is 22.4. The van der Waals surface area contributed by atoms with Crippen molar-refractivity contribution >= 4 is 192 Å². The number of thiophene rings is 12. The lowest BCUT2D eigenvalue weighted by atomic mass is 9.71. The summed E-state index contributed by atoms with van der Waals surface area (Å²) in [6.07, 6.45) is 35.1. The summed E-state index contributed by atoms with van der Waals surface area (Å²) in [7, 11) is 0. The van der Waals surface area contributed by atoms with Crippen molar-refractivity contribution in [2.75, 3.05) is 0 Å². The minimum Gasteiger partial charge on any atom is -0.142 e. The van der Waals surface area contributed by atoms with Crippen LogP contribution in [-0.4, -0.2) is 0 Å². The van der Waals surface area contributed by atoms with Crippen LogP contribution in [-0.2, 0) is 19.3 Å². The van der Waals surface area contributed by atoms with Gasteiger partial charge >= 0.3 is 0 Å². The van der Waals surface area contributed by atoms with Crippen molar-refractivity contribution < 1.29 is 0 Å². The molecular formula is C83H108S12. The number of aryl methyl sites for hydroxylation is 13. The third-order valence-corrected chi connectivity index (χ3v) is 37.7. The summed E-state index contributed by atoms with van der Waals surface area (Å²) in [4.78, 5) is 9.38. The fraction of sp³-hybridized carbons (Fsp3) is 0.566. The maximum atomic E-state index is 2.49. The highest BCUT2D eigenvalue weighted by atomic mass is 32.1. The summed E-state index contributed by atoms with van der Waals surface area (Å²) in [6, 6.07) is 0. The lowest BCUT2D eigenvalue weighted by molar-refractivity contribution is 0.225. The zero-order chi connectivity index (χ0) is 67.0.